The van der Waals surface area contributed by atoms with Crippen LogP contribution in [0.15, 0.2) is 42.5 Å². The lowest BCUT2D eigenvalue weighted by molar-refractivity contribution is -0.134. The van der Waals surface area contributed by atoms with E-state index < -0.39 is 45.6 Å². The zero-order valence-electron chi connectivity index (χ0n) is 22.8. The third-order valence-corrected chi connectivity index (χ3v) is 10.7. The Bertz CT molecular complexity index is 1420. The lowest BCUT2D eigenvalue weighted by atomic mass is 10.1. The molecular weight excluding hydrogens is 627 g/mol. The summed E-state index contributed by atoms with van der Waals surface area (Å²) in [6.07, 6.45) is -1.48. The Balaban J connectivity index is 1.26. The first-order valence-corrected chi connectivity index (χ1v) is 16.7. The Labute approximate surface area is 252 Å². The lowest BCUT2D eigenvalue weighted by Crippen LogP contribution is -2.49. The van der Waals surface area contributed by atoms with Crippen LogP contribution in [-0.4, -0.2) is 99.2 Å². The minimum atomic E-state index is -4.74. The number of rotatable bonds is 10. The highest BCUT2D eigenvalue weighted by atomic mass is 32.1. The maximum absolute atomic E-state index is 15.0. The van der Waals surface area contributed by atoms with Gasteiger partial charge in [0.15, 0.2) is 5.11 Å². The average molecular weight is 660 g/mol. The van der Waals surface area contributed by atoms with E-state index >= 15 is 4.39 Å². The van der Waals surface area contributed by atoms with Crippen LogP contribution < -0.4 is 20.4 Å². The fourth-order valence-electron chi connectivity index (χ4n) is 4.73. The number of hydrogen-bond acceptors (Lipinski definition) is 8. The highest BCUT2D eigenvalue weighted by Crippen LogP contribution is 2.53. The molecule has 2 heterocycles. The van der Waals surface area contributed by atoms with Crippen LogP contribution >= 0.6 is 27.8 Å². The number of hydrogen-bond donors (Lipinski definition) is 6. The van der Waals surface area contributed by atoms with Crippen LogP contribution in [0.25, 0.3) is 0 Å². The molecule has 2 amide bonds. The van der Waals surface area contributed by atoms with Crippen molar-refractivity contribution in [2.75, 3.05) is 61.0 Å². The molecule has 2 aliphatic heterocycles. The molecule has 43 heavy (non-hydrogen) atoms. The summed E-state index contributed by atoms with van der Waals surface area (Å²) in [5.74, 6) is -0.886. The van der Waals surface area contributed by atoms with Gasteiger partial charge in [-0.2, -0.15) is 0 Å². The number of nitrogens with one attached hydrogen (secondary N) is 2. The van der Waals surface area contributed by atoms with Gasteiger partial charge in [0.2, 0.25) is 13.9 Å². The number of aliphatic hydroxyl groups is 1. The Kier molecular flexibility index (Phi) is 10.8. The standard InChI is InChI=1S/C25H32FN5O9P2S/c26-20-12-18(5-6-21(20)29-7-9-30(10-8-29)22(33)15-32)31-14-19(40-25(31)34)13-27-24(43)28-17-3-1-16(2-4-17)11-23(41(35)36)42(37,38)39/h1-6,12,19,23,32,41H,7-11,13-15H2,(H,35,36)(H2,27,28,43)(H2,37,38,39)/t19-,23?/m0/s1. The summed E-state index contributed by atoms with van der Waals surface area (Å²) < 4.78 is 43.3. The van der Waals surface area contributed by atoms with Crippen molar-refractivity contribution < 1.29 is 47.6 Å². The normalized spacial score (nSPS) is 18.7. The van der Waals surface area contributed by atoms with Gasteiger partial charge < -0.3 is 45.0 Å². The second kappa shape index (κ2) is 14.1. The Hall–Kier alpha value is -3.10. The second-order valence-electron chi connectivity index (χ2n) is 9.96. The molecule has 234 valence electrons. The van der Waals surface area contributed by atoms with Crippen LogP contribution in [0.1, 0.15) is 5.56 Å². The van der Waals surface area contributed by atoms with E-state index in [-0.39, 0.29) is 30.5 Å². The fraction of sp³-hybridized carbons (Fsp3) is 0.400. The van der Waals surface area contributed by atoms with E-state index in [9.17, 15) is 33.4 Å². The number of amides is 2. The second-order valence-corrected chi connectivity index (χ2v) is 14.0. The molecule has 3 atom stereocenters. The topological polar surface area (TPSA) is 192 Å². The van der Waals surface area contributed by atoms with Crippen LogP contribution in [0, 0.1) is 5.82 Å². The van der Waals surface area contributed by atoms with Gasteiger partial charge in [-0.15, -0.1) is 0 Å². The van der Waals surface area contributed by atoms with E-state index in [2.05, 4.69) is 10.6 Å². The molecule has 0 aromatic heterocycles. The summed E-state index contributed by atoms with van der Waals surface area (Å²) in [6.45, 7) is 1.30. The Morgan fingerprint density at radius 1 is 1.16 bits per heavy atom. The first-order chi connectivity index (χ1) is 20.3. The van der Waals surface area contributed by atoms with Gasteiger partial charge in [-0.1, -0.05) is 12.1 Å². The van der Waals surface area contributed by atoms with Crippen LogP contribution in [0.2, 0.25) is 0 Å². The van der Waals surface area contributed by atoms with Crippen molar-refractivity contribution in [2.45, 2.75) is 17.9 Å². The van der Waals surface area contributed by atoms with Gasteiger partial charge >= 0.3 is 13.7 Å². The van der Waals surface area contributed by atoms with Crippen molar-refractivity contribution in [2.24, 2.45) is 0 Å². The van der Waals surface area contributed by atoms with Crippen LogP contribution in [0.5, 0.6) is 0 Å². The van der Waals surface area contributed by atoms with Gasteiger partial charge in [0.05, 0.1) is 24.5 Å². The highest BCUT2D eigenvalue weighted by Gasteiger charge is 2.34. The highest BCUT2D eigenvalue weighted by molar-refractivity contribution is 7.80. The summed E-state index contributed by atoms with van der Waals surface area (Å²) in [4.78, 5) is 56.7. The van der Waals surface area contributed by atoms with Gasteiger partial charge in [0, 0.05) is 31.9 Å². The largest absolute Gasteiger partial charge is 0.442 e. The first-order valence-electron chi connectivity index (χ1n) is 13.2. The summed E-state index contributed by atoms with van der Waals surface area (Å²) in [7, 11) is -8.18. The van der Waals surface area contributed by atoms with Crippen LogP contribution in [-0.2, 0) is 25.1 Å². The number of carbonyl (C=O) groups excluding carboxylic acids is 2. The first kappa shape index (κ1) is 32.8. The summed E-state index contributed by atoms with van der Waals surface area (Å²) in [5.41, 5.74) is 1.69. The van der Waals surface area contributed by atoms with E-state index in [1.807, 2.05) is 0 Å². The van der Waals surface area contributed by atoms with E-state index in [1.54, 1.807) is 41.3 Å². The maximum atomic E-state index is 15.0. The van der Waals surface area contributed by atoms with Crippen LogP contribution in [0.3, 0.4) is 0 Å². The number of carbonyl (C=O) groups is 2. The van der Waals surface area contributed by atoms with Crippen molar-refractivity contribution in [3.05, 3.63) is 53.8 Å². The maximum Gasteiger partial charge on any atom is 0.414 e. The predicted octanol–water partition coefficient (Wildman–Crippen LogP) is 1.29. The monoisotopic (exact) mass is 659 g/mol. The van der Waals surface area contributed by atoms with Gasteiger partial charge in [0.1, 0.15) is 23.9 Å². The van der Waals surface area contributed by atoms with Gasteiger partial charge in [-0.25, -0.2) is 9.18 Å². The molecule has 14 nitrogen and oxygen atoms in total. The Morgan fingerprint density at radius 3 is 2.42 bits per heavy atom. The van der Waals surface area contributed by atoms with E-state index in [0.29, 0.717) is 48.8 Å². The summed E-state index contributed by atoms with van der Waals surface area (Å²) in [6, 6.07) is 10.8. The number of aliphatic hydroxyl groups excluding tert-OH is 1. The molecule has 2 aliphatic rings. The fourth-order valence-corrected chi connectivity index (χ4v) is 6.95. The van der Waals surface area contributed by atoms with Crippen molar-refractivity contribution in [3.63, 3.8) is 0 Å². The number of nitrogens with zero attached hydrogens (tertiary/aromatic N) is 3. The SMILES string of the molecule is O=C(CO)N1CCN(c2ccc(N3C[C@H](CNC(=S)Nc4ccc(CC([PH](=O)O)P(=O)(O)O)cc4)OC3=O)cc2F)CC1. The number of ether oxygens (including phenoxy) is 1. The number of thiocarbonyl (C=S) groups is 1. The summed E-state index contributed by atoms with van der Waals surface area (Å²) in [5, 5.41) is 13.5. The zero-order chi connectivity index (χ0) is 31.3. The molecule has 0 radical (unpaired) electrons. The number of benzene rings is 2. The molecule has 6 N–H and O–H groups in total. The molecule has 0 saturated carbocycles. The molecule has 2 aromatic rings. The van der Waals surface area contributed by atoms with Crippen LogP contribution in [0.4, 0.5) is 26.2 Å². The zero-order valence-corrected chi connectivity index (χ0v) is 25.5. The molecule has 2 saturated heterocycles. The average Bonchev–Trinajstić information content (AvgIpc) is 3.34. The number of piperazine rings is 1. The third-order valence-electron chi connectivity index (χ3n) is 7.05. The molecule has 0 aliphatic carbocycles. The number of cyclic esters (lactones) is 1. The number of halogens is 1. The van der Waals surface area contributed by atoms with Crippen molar-refractivity contribution in [1.29, 1.82) is 0 Å². The third kappa shape index (κ3) is 8.51. The smallest absolute Gasteiger partial charge is 0.414 e. The quantitative estimate of drug-likeness (QED) is 0.158. The van der Waals surface area contributed by atoms with Gasteiger partial charge in [0.25, 0.3) is 0 Å². The Morgan fingerprint density at radius 2 is 1.84 bits per heavy atom. The van der Waals surface area contributed by atoms with Gasteiger partial charge in [-0.05, 0) is 54.5 Å². The van der Waals surface area contributed by atoms with E-state index in [1.165, 1.54) is 15.9 Å². The number of anilines is 3. The van der Waals surface area contributed by atoms with E-state index in [4.69, 9.17) is 22.1 Å². The molecule has 2 unspecified atom stereocenters. The van der Waals surface area contributed by atoms with E-state index in [0.717, 1.165) is 0 Å². The minimum absolute atomic E-state index is 0.151. The summed E-state index contributed by atoms with van der Waals surface area (Å²) >= 11 is 5.29. The molecular formula is C25H32FN5O9P2S. The molecule has 0 bridgehead atoms. The predicted molar refractivity (Wildman–Crippen MR) is 161 cm³/mol. The molecule has 18 heteroatoms. The minimum Gasteiger partial charge on any atom is -0.442 e. The molecule has 2 aromatic carbocycles. The van der Waals surface area contributed by atoms with Crippen molar-refractivity contribution in [3.8, 4) is 0 Å². The van der Waals surface area contributed by atoms with Gasteiger partial charge in [-0.3, -0.25) is 18.8 Å². The molecule has 4 rings (SSSR count). The molecule has 2 fully saturated rings. The van der Waals surface area contributed by atoms with Crippen molar-refractivity contribution in [1.82, 2.24) is 10.2 Å². The van der Waals surface area contributed by atoms with Crippen molar-refractivity contribution >= 4 is 62.0 Å². The molecule has 0 spiro atoms. The lowest BCUT2D eigenvalue weighted by Gasteiger charge is -2.36.